The largest absolute Gasteiger partial charge is 0.459 e. The molecule has 2 amide bonds. The zero-order valence-corrected chi connectivity index (χ0v) is 26.1. The molecule has 2 heterocycles. The van der Waals surface area contributed by atoms with Crippen LogP contribution in [0.5, 0.6) is 0 Å². The van der Waals surface area contributed by atoms with Crippen LogP contribution >= 0.6 is 0 Å². The van der Waals surface area contributed by atoms with Crippen molar-refractivity contribution in [1.82, 2.24) is 10.6 Å². The van der Waals surface area contributed by atoms with Crippen molar-refractivity contribution in [3.63, 3.8) is 0 Å². The molecule has 2 saturated heterocycles. The maximum atomic E-state index is 13.3. The number of ether oxygens (including phenoxy) is 6. The van der Waals surface area contributed by atoms with Gasteiger partial charge in [-0.3, -0.25) is 9.59 Å². The van der Waals surface area contributed by atoms with Crippen molar-refractivity contribution >= 4 is 17.8 Å². The van der Waals surface area contributed by atoms with Crippen LogP contribution in [-0.2, 0) is 56.0 Å². The maximum absolute atomic E-state index is 13.3. The maximum Gasteiger partial charge on any atom is 0.328 e. The second-order valence-electron chi connectivity index (χ2n) is 11.3. The van der Waals surface area contributed by atoms with Crippen LogP contribution in [0.4, 0.5) is 0 Å². The van der Waals surface area contributed by atoms with Gasteiger partial charge in [0.15, 0.2) is 12.6 Å². The normalized spacial score (nSPS) is 25.4. The number of benzene rings is 3. The third-order valence-corrected chi connectivity index (χ3v) is 7.70. The van der Waals surface area contributed by atoms with Gasteiger partial charge in [-0.25, -0.2) is 4.79 Å². The molecule has 8 atom stereocenters. The van der Waals surface area contributed by atoms with Gasteiger partial charge < -0.3 is 39.1 Å². The standard InChI is InChI=1S/C35H40N2O9/c1-22(33(40)41-19-25-13-7-4-8-14-25)36-32(39)23(2)44-31-29(37-24(3)38)35(42-20-26-15-9-5-10-16-26)45-28-21-43-34(46-30(28)31)27-17-11-6-12-18-27/h4-18,22-23,28-31,34-35H,19-21H2,1-3H3,(H,36,39)(H,37,38)/t22?,23?,28?,29-,30+,31?,34?,35+/m1/s1. The van der Waals surface area contributed by atoms with E-state index >= 15 is 0 Å². The second kappa shape index (κ2) is 15.9. The summed E-state index contributed by atoms with van der Waals surface area (Å²) in [6, 6.07) is 26.5. The Kier molecular flexibility index (Phi) is 11.5. The molecular weight excluding hydrogens is 592 g/mol. The Morgan fingerprint density at radius 2 is 1.46 bits per heavy atom. The Balaban J connectivity index is 1.31. The average Bonchev–Trinajstić information content (AvgIpc) is 3.08. The number of hydrogen-bond donors (Lipinski definition) is 2. The van der Waals surface area contributed by atoms with Gasteiger partial charge in [-0.1, -0.05) is 91.0 Å². The minimum Gasteiger partial charge on any atom is -0.459 e. The van der Waals surface area contributed by atoms with Crippen LogP contribution in [0.2, 0.25) is 0 Å². The Morgan fingerprint density at radius 1 is 0.848 bits per heavy atom. The van der Waals surface area contributed by atoms with Crippen molar-refractivity contribution in [2.45, 2.75) is 83.1 Å². The molecular formula is C35H40N2O9. The van der Waals surface area contributed by atoms with Crippen LogP contribution in [-0.4, -0.2) is 67.2 Å². The van der Waals surface area contributed by atoms with Crippen LogP contribution in [0.1, 0.15) is 43.8 Å². The molecule has 0 aromatic heterocycles. The van der Waals surface area contributed by atoms with Gasteiger partial charge in [0, 0.05) is 12.5 Å². The van der Waals surface area contributed by atoms with Crippen molar-refractivity contribution < 1.29 is 42.8 Å². The zero-order chi connectivity index (χ0) is 32.5. The summed E-state index contributed by atoms with van der Waals surface area (Å²) in [6.07, 6.45) is -4.98. The molecule has 2 fully saturated rings. The topological polar surface area (TPSA) is 131 Å². The number of esters is 1. The van der Waals surface area contributed by atoms with E-state index in [0.29, 0.717) is 0 Å². The van der Waals surface area contributed by atoms with Gasteiger partial charge >= 0.3 is 5.97 Å². The van der Waals surface area contributed by atoms with Crippen molar-refractivity contribution in [2.75, 3.05) is 6.61 Å². The molecule has 11 heteroatoms. The van der Waals surface area contributed by atoms with Crippen LogP contribution in [0.15, 0.2) is 91.0 Å². The van der Waals surface area contributed by atoms with E-state index in [1.807, 2.05) is 91.0 Å². The van der Waals surface area contributed by atoms with Crippen LogP contribution < -0.4 is 10.6 Å². The molecule has 0 aliphatic carbocycles. The van der Waals surface area contributed by atoms with E-state index in [4.69, 9.17) is 28.4 Å². The molecule has 0 saturated carbocycles. The first-order valence-corrected chi connectivity index (χ1v) is 15.3. The molecule has 3 aromatic carbocycles. The predicted octanol–water partition coefficient (Wildman–Crippen LogP) is 3.57. The van der Waals surface area contributed by atoms with Crippen LogP contribution in [0, 0.1) is 0 Å². The van der Waals surface area contributed by atoms with Crippen molar-refractivity contribution in [2.24, 2.45) is 0 Å². The van der Waals surface area contributed by atoms with Gasteiger partial charge in [0.2, 0.25) is 11.8 Å². The molecule has 2 aliphatic rings. The van der Waals surface area contributed by atoms with E-state index in [2.05, 4.69) is 10.6 Å². The Morgan fingerprint density at radius 3 is 2.09 bits per heavy atom. The number of carbonyl (C=O) groups excluding carboxylic acids is 3. The lowest BCUT2D eigenvalue weighted by atomic mass is 9.95. The summed E-state index contributed by atoms with van der Waals surface area (Å²) in [5.41, 5.74) is 2.54. The summed E-state index contributed by atoms with van der Waals surface area (Å²) >= 11 is 0. The van der Waals surface area contributed by atoms with Gasteiger partial charge in [-0.15, -0.1) is 0 Å². The van der Waals surface area contributed by atoms with Crippen molar-refractivity contribution in [3.8, 4) is 0 Å². The van der Waals surface area contributed by atoms with Crippen molar-refractivity contribution in [3.05, 3.63) is 108 Å². The molecule has 5 rings (SSSR count). The van der Waals surface area contributed by atoms with E-state index in [1.54, 1.807) is 13.8 Å². The lowest BCUT2D eigenvalue weighted by Gasteiger charge is -2.49. The number of hydrogen-bond acceptors (Lipinski definition) is 9. The van der Waals surface area contributed by atoms with Crippen LogP contribution in [0.3, 0.4) is 0 Å². The summed E-state index contributed by atoms with van der Waals surface area (Å²) < 4.78 is 36.7. The highest BCUT2D eigenvalue weighted by Gasteiger charge is 2.52. The van der Waals surface area contributed by atoms with E-state index in [0.717, 1.165) is 16.7 Å². The minimum atomic E-state index is -1.05. The van der Waals surface area contributed by atoms with E-state index in [1.165, 1.54) is 6.92 Å². The summed E-state index contributed by atoms with van der Waals surface area (Å²) in [5.74, 6) is -1.46. The number of nitrogens with one attached hydrogen (secondary N) is 2. The number of carbonyl (C=O) groups is 3. The number of amides is 2. The highest BCUT2D eigenvalue weighted by molar-refractivity contribution is 5.86. The minimum absolute atomic E-state index is 0.0852. The summed E-state index contributed by atoms with van der Waals surface area (Å²) in [6.45, 7) is 4.95. The lowest BCUT2D eigenvalue weighted by molar-refractivity contribution is -0.351. The third kappa shape index (κ3) is 8.77. The van der Waals surface area contributed by atoms with Gasteiger partial charge in [0.25, 0.3) is 0 Å². The molecule has 244 valence electrons. The first-order chi connectivity index (χ1) is 22.3. The molecule has 2 N–H and O–H groups in total. The molecule has 2 aliphatic heterocycles. The molecule has 3 aromatic rings. The van der Waals surface area contributed by atoms with Gasteiger partial charge in [-0.05, 0) is 25.0 Å². The first kappa shape index (κ1) is 33.2. The highest BCUT2D eigenvalue weighted by Crippen LogP contribution is 2.36. The molecule has 0 spiro atoms. The van der Waals surface area contributed by atoms with E-state index < -0.39 is 61.0 Å². The summed E-state index contributed by atoms with van der Waals surface area (Å²) in [4.78, 5) is 38.4. The number of fused-ring (bicyclic) bond motifs is 1. The Bertz CT molecular complexity index is 1430. The van der Waals surface area contributed by atoms with E-state index in [9.17, 15) is 14.4 Å². The molecule has 46 heavy (non-hydrogen) atoms. The highest BCUT2D eigenvalue weighted by atomic mass is 16.8. The summed E-state index contributed by atoms with van der Waals surface area (Å²) in [7, 11) is 0. The lowest BCUT2D eigenvalue weighted by Crippen LogP contribution is -2.68. The first-order valence-electron chi connectivity index (χ1n) is 15.3. The van der Waals surface area contributed by atoms with Gasteiger partial charge in [0.1, 0.15) is 43.1 Å². The SMILES string of the molecule is CC(=O)N[C@@H]1C(OC(C)C(=O)NC(C)C(=O)OCc2ccccc2)[C@H]2OC(c3ccccc3)OCC2O[C@@H]1OCc1ccccc1. The van der Waals surface area contributed by atoms with Gasteiger partial charge in [0.05, 0.1) is 13.2 Å². The molecule has 5 unspecified atom stereocenters. The average molecular weight is 633 g/mol. The van der Waals surface area contributed by atoms with Crippen molar-refractivity contribution in [1.29, 1.82) is 0 Å². The van der Waals surface area contributed by atoms with Crippen LogP contribution in [0.25, 0.3) is 0 Å². The third-order valence-electron chi connectivity index (χ3n) is 7.70. The fraction of sp³-hybridized carbons (Fsp3) is 0.400. The smallest absolute Gasteiger partial charge is 0.328 e. The molecule has 0 bridgehead atoms. The molecule has 0 radical (unpaired) electrons. The fourth-order valence-electron chi connectivity index (χ4n) is 5.34. The quantitative estimate of drug-likeness (QED) is 0.288. The van der Waals surface area contributed by atoms with E-state index in [-0.39, 0.29) is 25.7 Å². The zero-order valence-electron chi connectivity index (χ0n) is 26.1. The Labute approximate surface area is 268 Å². The molecule has 11 nitrogen and oxygen atoms in total. The predicted molar refractivity (Wildman–Crippen MR) is 166 cm³/mol. The summed E-state index contributed by atoms with van der Waals surface area (Å²) in [5, 5.41) is 5.57. The Hall–Kier alpha value is -4.13. The fourth-order valence-corrected chi connectivity index (χ4v) is 5.34. The second-order valence-corrected chi connectivity index (χ2v) is 11.3. The monoisotopic (exact) mass is 632 g/mol. The number of rotatable bonds is 12. The van der Waals surface area contributed by atoms with Gasteiger partial charge in [-0.2, -0.15) is 0 Å².